The van der Waals surface area contributed by atoms with Crippen molar-refractivity contribution in [2.75, 3.05) is 19.5 Å². The van der Waals surface area contributed by atoms with Crippen LogP contribution in [-0.4, -0.2) is 24.2 Å². The minimum Gasteiger partial charge on any atom is -0.494 e. The predicted octanol–water partition coefficient (Wildman–Crippen LogP) is 3.45. The van der Waals surface area contributed by atoms with Crippen LogP contribution in [0.3, 0.4) is 0 Å². The van der Waals surface area contributed by atoms with Crippen molar-refractivity contribution in [1.82, 2.24) is 9.97 Å². The third-order valence-electron chi connectivity index (χ3n) is 2.91. The first-order valence-electron chi connectivity index (χ1n) is 5.99. The highest BCUT2D eigenvalue weighted by molar-refractivity contribution is 7.17. The lowest BCUT2D eigenvalue weighted by atomic mass is 10.2. The Bertz CT molecular complexity index is 720. The topological polar surface area (TPSA) is 56.3 Å². The first-order valence-corrected chi connectivity index (χ1v) is 6.87. The number of anilines is 2. The van der Waals surface area contributed by atoms with Crippen molar-refractivity contribution in [2.45, 2.75) is 0 Å². The third-order valence-corrected chi connectivity index (χ3v) is 3.82. The molecule has 0 atom stereocenters. The Labute approximate surface area is 120 Å². The summed E-state index contributed by atoms with van der Waals surface area (Å²) in [6.45, 7) is 0. The minimum absolute atomic E-state index is 0.702. The number of benzene rings is 1. The van der Waals surface area contributed by atoms with Crippen molar-refractivity contribution in [3.63, 3.8) is 0 Å². The van der Waals surface area contributed by atoms with Crippen molar-refractivity contribution in [3.8, 4) is 11.5 Å². The van der Waals surface area contributed by atoms with E-state index in [0.29, 0.717) is 11.5 Å². The molecule has 1 aromatic carbocycles. The van der Waals surface area contributed by atoms with E-state index in [1.165, 1.54) is 0 Å². The van der Waals surface area contributed by atoms with Gasteiger partial charge in [-0.1, -0.05) is 6.07 Å². The quantitative estimate of drug-likeness (QED) is 0.796. The lowest BCUT2D eigenvalue weighted by Gasteiger charge is -2.14. The number of ether oxygens (including phenoxy) is 2. The van der Waals surface area contributed by atoms with Gasteiger partial charge in [0.25, 0.3) is 0 Å². The van der Waals surface area contributed by atoms with E-state index in [1.807, 2.05) is 29.6 Å². The van der Waals surface area contributed by atoms with Crippen LogP contribution >= 0.6 is 11.3 Å². The molecule has 3 rings (SSSR count). The Morgan fingerprint density at radius 3 is 2.50 bits per heavy atom. The van der Waals surface area contributed by atoms with Gasteiger partial charge in [-0.05, 0) is 23.6 Å². The van der Waals surface area contributed by atoms with Crippen molar-refractivity contribution < 1.29 is 9.47 Å². The maximum absolute atomic E-state index is 5.37. The van der Waals surface area contributed by atoms with Crippen molar-refractivity contribution >= 4 is 33.1 Å². The van der Waals surface area contributed by atoms with Gasteiger partial charge < -0.3 is 14.8 Å². The van der Waals surface area contributed by atoms with Gasteiger partial charge in [0, 0.05) is 0 Å². The maximum Gasteiger partial charge on any atom is 0.152 e. The van der Waals surface area contributed by atoms with Crippen LogP contribution in [-0.2, 0) is 0 Å². The Hall–Kier alpha value is -2.34. The molecule has 0 amide bonds. The van der Waals surface area contributed by atoms with Gasteiger partial charge in [0.2, 0.25) is 0 Å². The average molecular weight is 287 g/mol. The molecule has 2 heterocycles. The lowest BCUT2D eigenvalue weighted by molar-refractivity contribution is 0.398. The molecule has 0 bridgehead atoms. The van der Waals surface area contributed by atoms with Crippen molar-refractivity contribution in [1.29, 1.82) is 0 Å². The van der Waals surface area contributed by atoms with Crippen LogP contribution in [0.2, 0.25) is 0 Å². The lowest BCUT2D eigenvalue weighted by Crippen LogP contribution is -2.00. The van der Waals surface area contributed by atoms with Gasteiger partial charge >= 0.3 is 0 Å². The number of rotatable bonds is 4. The molecule has 102 valence electrons. The van der Waals surface area contributed by atoms with Gasteiger partial charge in [0.1, 0.15) is 23.5 Å². The second kappa shape index (κ2) is 5.34. The van der Waals surface area contributed by atoms with Crippen LogP contribution in [0.5, 0.6) is 11.5 Å². The maximum atomic E-state index is 5.37. The van der Waals surface area contributed by atoms with Crippen LogP contribution in [0.15, 0.2) is 36.0 Å². The molecule has 0 saturated carbocycles. The number of para-hydroxylation sites is 1. The highest BCUT2D eigenvalue weighted by atomic mass is 32.1. The molecule has 3 aromatic rings. The van der Waals surface area contributed by atoms with Crippen LogP contribution in [0, 0.1) is 0 Å². The van der Waals surface area contributed by atoms with Gasteiger partial charge in [0.15, 0.2) is 5.82 Å². The summed E-state index contributed by atoms with van der Waals surface area (Å²) >= 11 is 1.59. The molecular formula is C14H13N3O2S. The standard InChI is InChI=1S/C14H13N3O2S/c1-18-10-4-3-5-11(19-2)12(10)17-14-13-9(6-7-20-13)15-8-16-14/h3-8H,1-2H3,(H,15,16,17). The Morgan fingerprint density at radius 2 is 1.80 bits per heavy atom. The number of nitrogens with zero attached hydrogens (tertiary/aromatic N) is 2. The van der Waals surface area contributed by atoms with Crippen LogP contribution in [0.4, 0.5) is 11.5 Å². The molecule has 0 fully saturated rings. The van der Waals surface area contributed by atoms with Gasteiger partial charge in [-0.3, -0.25) is 0 Å². The summed E-state index contributed by atoms with van der Waals surface area (Å²) < 4.78 is 11.7. The first kappa shape index (κ1) is 12.7. The summed E-state index contributed by atoms with van der Waals surface area (Å²) in [5, 5.41) is 5.27. The number of fused-ring (bicyclic) bond motifs is 1. The zero-order valence-corrected chi connectivity index (χ0v) is 11.9. The number of aromatic nitrogens is 2. The second-order valence-electron chi connectivity index (χ2n) is 4.02. The average Bonchev–Trinajstić information content (AvgIpc) is 2.97. The third kappa shape index (κ3) is 2.14. The molecule has 20 heavy (non-hydrogen) atoms. The van der Waals surface area contributed by atoms with Crippen LogP contribution in [0.1, 0.15) is 0 Å². The fourth-order valence-electron chi connectivity index (χ4n) is 1.97. The Morgan fingerprint density at radius 1 is 1.05 bits per heavy atom. The number of hydrogen-bond donors (Lipinski definition) is 1. The number of thiophene rings is 1. The van der Waals surface area contributed by atoms with E-state index in [4.69, 9.17) is 9.47 Å². The van der Waals surface area contributed by atoms with E-state index in [2.05, 4.69) is 15.3 Å². The molecule has 0 radical (unpaired) electrons. The molecule has 6 heteroatoms. The first-order chi connectivity index (χ1) is 9.83. The summed E-state index contributed by atoms with van der Waals surface area (Å²) in [5.41, 5.74) is 1.67. The number of nitrogens with one attached hydrogen (secondary N) is 1. The molecule has 0 aliphatic heterocycles. The van der Waals surface area contributed by atoms with Crippen molar-refractivity contribution in [3.05, 3.63) is 36.0 Å². The summed E-state index contributed by atoms with van der Waals surface area (Å²) in [6, 6.07) is 7.59. The Balaban J connectivity index is 2.09. The minimum atomic E-state index is 0.702. The molecule has 5 nitrogen and oxygen atoms in total. The molecular weight excluding hydrogens is 274 g/mol. The summed E-state index contributed by atoms with van der Waals surface area (Å²) in [5.74, 6) is 2.15. The fourth-order valence-corrected chi connectivity index (χ4v) is 2.76. The van der Waals surface area contributed by atoms with Gasteiger partial charge in [0.05, 0.1) is 24.4 Å². The zero-order chi connectivity index (χ0) is 13.9. The summed E-state index contributed by atoms with van der Waals surface area (Å²) in [7, 11) is 3.25. The predicted molar refractivity (Wildman–Crippen MR) is 80.2 cm³/mol. The van der Waals surface area contributed by atoms with Crippen molar-refractivity contribution in [2.24, 2.45) is 0 Å². The molecule has 0 saturated heterocycles. The van der Waals surface area contributed by atoms with E-state index in [0.717, 1.165) is 21.7 Å². The molecule has 0 unspecified atom stereocenters. The largest absolute Gasteiger partial charge is 0.494 e. The van der Waals surface area contributed by atoms with E-state index in [-0.39, 0.29) is 0 Å². The zero-order valence-electron chi connectivity index (χ0n) is 11.1. The second-order valence-corrected chi connectivity index (χ2v) is 4.94. The monoisotopic (exact) mass is 287 g/mol. The SMILES string of the molecule is COc1cccc(OC)c1Nc1ncnc2ccsc12. The van der Waals surface area contributed by atoms with Gasteiger partial charge in [-0.2, -0.15) is 0 Å². The van der Waals surface area contributed by atoms with Crippen LogP contribution < -0.4 is 14.8 Å². The van der Waals surface area contributed by atoms with Gasteiger partial charge in [-0.15, -0.1) is 11.3 Å². The van der Waals surface area contributed by atoms with E-state index in [1.54, 1.807) is 31.9 Å². The normalized spacial score (nSPS) is 10.5. The molecule has 0 aliphatic rings. The van der Waals surface area contributed by atoms with Crippen LogP contribution in [0.25, 0.3) is 10.2 Å². The highest BCUT2D eigenvalue weighted by Crippen LogP contribution is 2.38. The summed E-state index contributed by atoms with van der Waals surface area (Å²) in [6.07, 6.45) is 1.54. The highest BCUT2D eigenvalue weighted by Gasteiger charge is 2.13. The van der Waals surface area contributed by atoms with Gasteiger partial charge in [-0.25, -0.2) is 9.97 Å². The smallest absolute Gasteiger partial charge is 0.152 e. The number of hydrogen-bond acceptors (Lipinski definition) is 6. The molecule has 1 N–H and O–H groups in total. The summed E-state index contributed by atoms with van der Waals surface area (Å²) in [4.78, 5) is 8.53. The molecule has 0 aliphatic carbocycles. The Kier molecular flexibility index (Phi) is 3.39. The molecule has 0 spiro atoms. The van der Waals surface area contributed by atoms with E-state index >= 15 is 0 Å². The fraction of sp³-hybridized carbons (Fsp3) is 0.143. The number of methoxy groups -OCH3 is 2. The van der Waals surface area contributed by atoms with E-state index in [9.17, 15) is 0 Å². The molecule has 2 aromatic heterocycles. The van der Waals surface area contributed by atoms with E-state index < -0.39 is 0 Å².